The fourth-order valence-corrected chi connectivity index (χ4v) is 4.71. The molecule has 2 aromatic rings. The summed E-state index contributed by atoms with van der Waals surface area (Å²) in [4.78, 5) is 26.5. The lowest BCUT2D eigenvalue weighted by atomic mass is 10.00. The first-order valence-electron chi connectivity index (χ1n) is 11.3. The number of fused-ring (bicyclic) bond motifs is 1. The van der Waals surface area contributed by atoms with Gasteiger partial charge in [0.2, 0.25) is 5.71 Å². The molecule has 1 N–H and O–H groups in total. The van der Waals surface area contributed by atoms with Crippen LogP contribution < -0.4 is 10.2 Å². The molecule has 0 bridgehead atoms. The van der Waals surface area contributed by atoms with Crippen LogP contribution in [0.2, 0.25) is 0 Å². The highest BCUT2D eigenvalue weighted by Gasteiger charge is 2.26. The molecule has 2 aliphatic heterocycles. The van der Waals surface area contributed by atoms with Gasteiger partial charge in [0.1, 0.15) is 17.9 Å². The molecule has 0 spiro atoms. The summed E-state index contributed by atoms with van der Waals surface area (Å²) in [5.74, 6) is 1.23. The highest BCUT2D eigenvalue weighted by Crippen LogP contribution is 2.31. The molecule has 1 amide bonds. The van der Waals surface area contributed by atoms with Crippen molar-refractivity contribution in [2.24, 2.45) is 0 Å². The van der Waals surface area contributed by atoms with Crippen LogP contribution in [-0.4, -0.2) is 72.8 Å². The number of ether oxygens (including phenoxy) is 1. The van der Waals surface area contributed by atoms with Crippen molar-refractivity contribution in [2.75, 3.05) is 50.8 Å². The van der Waals surface area contributed by atoms with Gasteiger partial charge < -0.3 is 24.3 Å². The van der Waals surface area contributed by atoms with Gasteiger partial charge in [-0.05, 0) is 39.2 Å². The molecule has 2 aromatic heterocycles. The van der Waals surface area contributed by atoms with Gasteiger partial charge in [0.25, 0.3) is 5.91 Å². The first kappa shape index (κ1) is 21.1. The number of morpholine rings is 1. The van der Waals surface area contributed by atoms with Crippen LogP contribution in [0.3, 0.4) is 0 Å². The van der Waals surface area contributed by atoms with E-state index in [0.717, 1.165) is 31.9 Å². The highest BCUT2D eigenvalue weighted by atomic mass is 16.5. The van der Waals surface area contributed by atoms with Gasteiger partial charge in [-0.3, -0.25) is 4.79 Å². The molecular weight excluding hydrogens is 382 g/mol. The molecule has 2 aliphatic rings. The van der Waals surface area contributed by atoms with E-state index < -0.39 is 0 Å². The van der Waals surface area contributed by atoms with Crippen LogP contribution in [-0.2, 0) is 4.74 Å². The molecule has 8 nitrogen and oxygen atoms in total. The van der Waals surface area contributed by atoms with Crippen molar-refractivity contribution in [1.29, 1.82) is 0 Å². The highest BCUT2D eigenvalue weighted by molar-refractivity contribution is 6.10. The Labute approximate surface area is 178 Å². The fraction of sp³-hybridized carbons (Fsp3) is 0.682. The number of anilines is 1. The number of likely N-dealkylation sites (tertiary alicyclic amines) is 1. The molecule has 2 fully saturated rings. The molecule has 0 aromatic carbocycles. The minimum atomic E-state index is -0.110. The Morgan fingerprint density at radius 3 is 2.87 bits per heavy atom. The third-order valence-corrected chi connectivity index (χ3v) is 6.31. The van der Waals surface area contributed by atoms with Crippen LogP contribution in [0.15, 0.2) is 10.7 Å². The summed E-state index contributed by atoms with van der Waals surface area (Å²) in [5, 5.41) is 3.80. The van der Waals surface area contributed by atoms with Gasteiger partial charge in [-0.25, -0.2) is 9.97 Å². The number of nitrogens with one attached hydrogen (secondary N) is 1. The molecule has 4 heterocycles. The van der Waals surface area contributed by atoms with Crippen molar-refractivity contribution in [3.05, 3.63) is 17.7 Å². The second-order valence-corrected chi connectivity index (χ2v) is 8.21. The molecule has 1 atom stereocenters. The molecule has 2 saturated heterocycles. The number of aryl methyl sites for hydroxylation is 1. The number of amides is 1. The molecule has 8 heteroatoms. The number of aromatic nitrogens is 2. The smallest absolute Gasteiger partial charge is 0.255 e. The zero-order chi connectivity index (χ0) is 20.9. The van der Waals surface area contributed by atoms with Crippen LogP contribution in [0.4, 0.5) is 5.82 Å². The van der Waals surface area contributed by atoms with E-state index in [1.54, 1.807) is 0 Å². The zero-order valence-electron chi connectivity index (χ0n) is 18.2. The lowest BCUT2D eigenvalue weighted by Crippen LogP contribution is -2.40. The van der Waals surface area contributed by atoms with Crippen LogP contribution in [0.5, 0.6) is 0 Å². The molecule has 30 heavy (non-hydrogen) atoms. The lowest BCUT2D eigenvalue weighted by Gasteiger charge is -2.35. The van der Waals surface area contributed by atoms with Crippen LogP contribution in [0, 0.1) is 6.92 Å². The third-order valence-electron chi connectivity index (χ3n) is 6.31. The van der Waals surface area contributed by atoms with E-state index in [4.69, 9.17) is 9.15 Å². The maximum Gasteiger partial charge on any atom is 0.255 e. The van der Waals surface area contributed by atoms with E-state index >= 15 is 0 Å². The third kappa shape index (κ3) is 4.44. The Balaban J connectivity index is 1.43. The summed E-state index contributed by atoms with van der Waals surface area (Å²) >= 11 is 0. The maximum absolute atomic E-state index is 13.1. The number of piperidine rings is 1. The standard InChI is InChI=1S/C22H33N5O3/c1-3-17-7-4-5-9-26(17)10-6-8-23-21(28)18-16(2)30-22-19(18)20(24-15-25-22)27-11-13-29-14-12-27/h15,17H,3-14H2,1-2H3,(H,23,28)/t17-/m1/s1. The van der Waals surface area contributed by atoms with Crippen molar-refractivity contribution in [3.63, 3.8) is 0 Å². The maximum atomic E-state index is 13.1. The van der Waals surface area contributed by atoms with Crippen LogP contribution in [0.1, 0.15) is 55.1 Å². The first-order chi connectivity index (χ1) is 14.7. The Kier molecular flexibility index (Phi) is 6.84. The largest absolute Gasteiger partial charge is 0.442 e. The average molecular weight is 416 g/mol. The van der Waals surface area contributed by atoms with Gasteiger partial charge in [0.15, 0.2) is 0 Å². The van der Waals surface area contributed by atoms with Gasteiger partial charge >= 0.3 is 0 Å². The number of furan rings is 1. The number of hydrogen-bond donors (Lipinski definition) is 1. The molecule has 0 saturated carbocycles. The van der Waals surface area contributed by atoms with Gasteiger partial charge in [-0.1, -0.05) is 13.3 Å². The van der Waals surface area contributed by atoms with E-state index in [0.29, 0.717) is 48.2 Å². The Morgan fingerprint density at radius 2 is 2.07 bits per heavy atom. The van der Waals surface area contributed by atoms with Crippen molar-refractivity contribution >= 4 is 22.8 Å². The van der Waals surface area contributed by atoms with E-state index in [-0.39, 0.29) is 5.91 Å². The summed E-state index contributed by atoms with van der Waals surface area (Å²) in [5.41, 5.74) is 1.02. The van der Waals surface area contributed by atoms with Gasteiger partial charge in [0, 0.05) is 32.2 Å². The van der Waals surface area contributed by atoms with Gasteiger partial charge in [-0.15, -0.1) is 0 Å². The minimum Gasteiger partial charge on any atom is -0.442 e. The van der Waals surface area contributed by atoms with E-state index in [1.165, 1.54) is 38.6 Å². The quantitative estimate of drug-likeness (QED) is 0.696. The van der Waals surface area contributed by atoms with Crippen LogP contribution >= 0.6 is 0 Å². The fourth-order valence-electron chi connectivity index (χ4n) is 4.71. The van der Waals surface area contributed by atoms with E-state index in [1.807, 2.05) is 6.92 Å². The van der Waals surface area contributed by atoms with Gasteiger partial charge in [0.05, 0.1) is 24.2 Å². The second kappa shape index (κ2) is 9.75. The number of nitrogens with zero attached hydrogens (tertiary/aromatic N) is 4. The van der Waals surface area contributed by atoms with Gasteiger partial charge in [-0.2, -0.15) is 0 Å². The monoisotopic (exact) mass is 415 g/mol. The second-order valence-electron chi connectivity index (χ2n) is 8.21. The van der Waals surface area contributed by atoms with Crippen LogP contribution in [0.25, 0.3) is 11.1 Å². The number of hydrogen-bond acceptors (Lipinski definition) is 7. The molecule has 4 rings (SSSR count). The summed E-state index contributed by atoms with van der Waals surface area (Å²) in [6.45, 7) is 9.74. The lowest BCUT2D eigenvalue weighted by molar-refractivity contribution is 0.0947. The van der Waals surface area contributed by atoms with Crippen molar-refractivity contribution < 1.29 is 13.9 Å². The molecule has 0 aliphatic carbocycles. The molecule has 0 radical (unpaired) electrons. The molecule has 0 unspecified atom stereocenters. The molecular formula is C22H33N5O3. The Bertz CT molecular complexity index is 862. The molecule has 164 valence electrons. The normalized spacial score (nSPS) is 20.6. The summed E-state index contributed by atoms with van der Waals surface area (Å²) in [6, 6.07) is 0.697. The number of carbonyl (C=O) groups is 1. The first-order valence-corrected chi connectivity index (χ1v) is 11.3. The summed E-state index contributed by atoms with van der Waals surface area (Å²) < 4.78 is 11.3. The summed E-state index contributed by atoms with van der Waals surface area (Å²) in [6.07, 6.45) is 7.58. The Morgan fingerprint density at radius 1 is 1.23 bits per heavy atom. The van der Waals surface area contributed by atoms with Crippen molar-refractivity contribution in [2.45, 2.75) is 52.0 Å². The number of carbonyl (C=O) groups excluding carboxylic acids is 1. The van der Waals surface area contributed by atoms with Crippen molar-refractivity contribution in [3.8, 4) is 0 Å². The summed E-state index contributed by atoms with van der Waals surface area (Å²) in [7, 11) is 0. The van der Waals surface area contributed by atoms with E-state index in [9.17, 15) is 4.79 Å². The predicted molar refractivity (Wildman–Crippen MR) is 116 cm³/mol. The average Bonchev–Trinajstić information content (AvgIpc) is 3.13. The zero-order valence-corrected chi connectivity index (χ0v) is 18.2. The van der Waals surface area contributed by atoms with E-state index in [2.05, 4.69) is 32.0 Å². The predicted octanol–water partition coefficient (Wildman–Crippen LogP) is 2.75. The SMILES string of the molecule is CC[C@@H]1CCCCN1CCCNC(=O)c1c(C)oc2ncnc(N3CCOCC3)c12. The minimum absolute atomic E-state index is 0.110. The van der Waals surface area contributed by atoms with Crippen molar-refractivity contribution in [1.82, 2.24) is 20.2 Å². The number of rotatable bonds is 7. The Hall–Kier alpha value is -2.19. The topological polar surface area (TPSA) is 83.7 Å².